The zero-order chi connectivity index (χ0) is 18.6. The lowest BCUT2D eigenvalue weighted by atomic mass is 9.49. The van der Waals surface area contributed by atoms with Crippen molar-refractivity contribution in [1.82, 2.24) is 5.32 Å². The molecule has 0 radical (unpaired) electrons. The van der Waals surface area contributed by atoms with E-state index in [1.54, 1.807) is 4.90 Å². The molecule has 4 bridgehead atoms. The van der Waals surface area contributed by atoms with Crippen LogP contribution in [0.25, 0.3) is 0 Å². The van der Waals surface area contributed by atoms with Crippen LogP contribution < -0.4 is 10.2 Å². The molecule has 1 aromatic carbocycles. The summed E-state index contributed by atoms with van der Waals surface area (Å²) < 4.78 is 5.50. The number of cyclic esters (lactones) is 1. The second kappa shape index (κ2) is 6.25. The van der Waals surface area contributed by atoms with E-state index in [-0.39, 0.29) is 23.5 Å². The molecule has 4 aliphatic carbocycles. The molecule has 4 saturated carbocycles. The number of amides is 2. The number of nitrogens with zero attached hydrogens (tertiary/aromatic N) is 1. The van der Waals surface area contributed by atoms with Gasteiger partial charge in [0.05, 0.1) is 13.1 Å². The van der Waals surface area contributed by atoms with Crippen molar-refractivity contribution in [3.63, 3.8) is 0 Å². The van der Waals surface area contributed by atoms with Gasteiger partial charge in [0.15, 0.2) is 0 Å². The Kier molecular flexibility index (Phi) is 3.95. The molecule has 5 heteroatoms. The van der Waals surface area contributed by atoms with E-state index in [1.165, 1.54) is 19.3 Å². The van der Waals surface area contributed by atoms with E-state index in [9.17, 15) is 9.59 Å². The molecule has 1 atom stereocenters. The molecule has 5 fully saturated rings. The lowest BCUT2D eigenvalue weighted by Crippen LogP contribution is -2.54. The predicted molar refractivity (Wildman–Crippen MR) is 102 cm³/mol. The van der Waals surface area contributed by atoms with E-state index < -0.39 is 0 Å². The van der Waals surface area contributed by atoms with Crippen LogP contribution in [0.3, 0.4) is 0 Å². The number of benzene rings is 1. The lowest BCUT2D eigenvalue weighted by Gasteiger charge is -2.55. The number of nitrogens with one attached hydrogen (secondary N) is 1. The van der Waals surface area contributed by atoms with Gasteiger partial charge in [-0.25, -0.2) is 4.79 Å². The number of carbonyl (C=O) groups excluding carboxylic acids is 2. The summed E-state index contributed by atoms with van der Waals surface area (Å²) >= 11 is 0. The molecule has 144 valence electrons. The summed E-state index contributed by atoms with van der Waals surface area (Å²) in [5, 5.41) is 3.14. The monoisotopic (exact) mass is 368 g/mol. The molecule has 0 spiro atoms. The second-order valence-electron chi connectivity index (χ2n) is 9.36. The van der Waals surface area contributed by atoms with Crippen molar-refractivity contribution in [3.05, 3.63) is 29.8 Å². The number of rotatable bonds is 4. The van der Waals surface area contributed by atoms with Crippen LogP contribution in [0, 0.1) is 30.1 Å². The number of carbonyl (C=O) groups is 2. The highest BCUT2D eigenvalue weighted by atomic mass is 16.6. The SMILES string of the molecule is Cc1ccc(N2CC(CNC(=O)C34CC5CC(CC(C5)C3)C4)OC2=O)cc1. The Morgan fingerprint density at radius 1 is 1.11 bits per heavy atom. The summed E-state index contributed by atoms with van der Waals surface area (Å²) in [5.74, 6) is 2.46. The topological polar surface area (TPSA) is 58.6 Å². The molecule has 0 aromatic heterocycles. The van der Waals surface area contributed by atoms with Gasteiger partial charge in [-0.1, -0.05) is 17.7 Å². The zero-order valence-corrected chi connectivity index (χ0v) is 15.9. The Morgan fingerprint density at radius 3 is 2.30 bits per heavy atom. The van der Waals surface area contributed by atoms with Gasteiger partial charge in [-0.15, -0.1) is 0 Å². The minimum absolute atomic E-state index is 0.145. The zero-order valence-electron chi connectivity index (χ0n) is 15.9. The van der Waals surface area contributed by atoms with Gasteiger partial charge in [0, 0.05) is 11.1 Å². The van der Waals surface area contributed by atoms with Crippen LogP contribution in [0.5, 0.6) is 0 Å². The average molecular weight is 368 g/mol. The van der Waals surface area contributed by atoms with Crippen molar-refractivity contribution < 1.29 is 14.3 Å². The smallest absolute Gasteiger partial charge is 0.414 e. The van der Waals surface area contributed by atoms with Crippen molar-refractivity contribution in [3.8, 4) is 0 Å². The number of hydrogen-bond donors (Lipinski definition) is 1. The number of ether oxygens (including phenoxy) is 1. The van der Waals surface area contributed by atoms with E-state index in [0.717, 1.165) is 48.3 Å². The molecule has 1 saturated heterocycles. The van der Waals surface area contributed by atoms with Crippen molar-refractivity contribution >= 4 is 17.7 Å². The van der Waals surface area contributed by atoms with Crippen molar-refractivity contribution in [2.24, 2.45) is 23.2 Å². The van der Waals surface area contributed by atoms with Gasteiger partial charge in [0.1, 0.15) is 6.10 Å². The van der Waals surface area contributed by atoms with Crippen LogP contribution in [-0.4, -0.2) is 31.2 Å². The highest BCUT2D eigenvalue weighted by Crippen LogP contribution is 2.60. The molecule has 1 unspecified atom stereocenters. The standard InChI is InChI=1S/C22H28N2O3/c1-14-2-4-18(5-3-14)24-13-19(27-21(24)26)12-23-20(25)22-9-15-6-16(10-22)8-17(7-15)11-22/h2-5,15-17,19H,6-13H2,1H3,(H,23,25). The summed E-state index contributed by atoms with van der Waals surface area (Å²) in [4.78, 5) is 26.9. The quantitative estimate of drug-likeness (QED) is 0.882. The third-order valence-corrected chi connectivity index (χ3v) is 7.23. The molecular weight excluding hydrogens is 340 g/mol. The largest absolute Gasteiger partial charge is 0.442 e. The summed E-state index contributed by atoms with van der Waals surface area (Å²) in [7, 11) is 0. The maximum atomic E-state index is 13.1. The Hall–Kier alpha value is -2.04. The average Bonchev–Trinajstić information content (AvgIpc) is 3.00. The first-order valence-electron chi connectivity index (χ1n) is 10.3. The van der Waals surface area contributed by atoms with Crippen LogP contribution >= 0.6 is 0 Å². The molecule has 6 rings (SSSR count). The second-order valence-corrected chi connectivity index (χ2v) is 9.36. The maximum Gasteiger partial charge on any atom is 0.414 e. The molecule has 27 heavy (non-hydrogen) atoms. The third kappa shape index (κ3) is 3.01. The highest BCUT2D eigenvalue weighted by molar-refractivity contribution is 5.90. The van der Waals surface area contributed by atoms with Crippen LogP contribution in [0.2, 0.25) is 0 Å². The Bertz CT molecular complexity index is 722. The molecular formula is C22H28N2O3. The fraction of sp³-hybridized carbons (Fsp3) is 0.636. The molecule has 1 heterocycles. The molecule has 5 nitrogen and oxygen atoms in total. The Labute approximate surface area is 160 Å². The molecule has 1 aliphatic heterocycles. The van der Waals surface area contributed by atoms with E-state index >= 15 is 0 Å². The van der Waals surface area contributed by atoms with Crippen LogP contribution in [0.4, 0.5) is 10.5 Å². The fourth-order valence-corrected chi connectivity index (χ4v) is 6.35. The van der Waals surface area contributed by atoms with Gasteiger partial charge >= 0.3 is 6.09 Å². The highest BCUT2D eigenvalue weighted by Gasteiger charge is 2.54. The van der Waals surface area contributed by atoms with Gasteiger partial charge in [0.2, 0.25) is 5.91 Å². The molecule has 2 amide bonds. The normalized spacial score (nSPS) is 36.8. The maximum absolute atomic E-state index is 13.1. The number of anilines is 1. The van der Waals surface area contributed by atoms with Crippen molar-refractivity contribution in [1.29, 1.82) is 0 Å². The number of hydrogen-bond acceptors (Lipinski definition) is 3. The summed E-state index contributed by atoms with van der Waals surface area (Å²) in [5.41, 5.74) is 1.86. The van der Waals surface area contributed by atoms with E-state index in [1.807, 2.05) is 31.2 Å². The van der Waals surface area contributed by atoms with Crippen molar-refractivity contribution in [2.75, 3.05) is 18.0 Å². The molecule has 5 aliphatic rings. The predicted octanol–water partition coefficient (Wildman–Crippen LogP) is 3.65. The first-order valence-corrected chi connectivity index (χ1v) is 10.3. The van der Waals surface area contributed by atoms with E-state index in [0.29, 0.717) is 13.1 Å². The van der Waals surface area contributed by atoms with Gasteiger partial charge in [-0.2, -0.15) is 0 Å². The minimum atomic E-state index is -0.326. The molecule has 1 aromatic rings. The number of aryl methyl sites for hydroxylation is 1. The third-order valence-electron chi connectivity index (χ3n) is 7.23. The van der Waals surface area contributed by atoms with Crippen LogP contribution in [0.15, 0.2) is 24.3 Å². The van der Waals surface area contributed by atoms with E-state index in [2.05, 4.69) is 5.32 Å². The fourth-order valence-electron chi connectivity index (χ4n) is 6.35. The van der Waals surface area contributed by atoms with E-state index in [4.69, 9.17) is 4.74 Å². The van der Waals surface area contributed by atoms with Crippen LogP contribution in [-0.2, 0) is 9.53 Å². The first-order chi connectivity index (χ1) is 13.0. The Balaban J connectivity index is 1.20. The van der Waals surface area contributed by atoms with Gasteiger partial charge < -0.3 is 10.1 Å². The minimum Gasteiger partial charge on any atom is -0.442 e. The van der Waals surface area contributed by atoms with Gasteiger partial charge in [-0.3, -0.25) is 9.69 Å². The first kappa shape index (κ1) is 17.1. The molecule has 1 N–H and O–H groups in total. The summed E-state index contributed by atoms with van der Waals surface area (Å²) in [6.07, 6.45) is 6.57. The Morgan fingerprint density at radius 2 is 1.70 bits per heavy atom. The van der Waals surface area contributed by atoms with Crippen molar-refractivity contribution in [2.45, 2.75) is 51.6 Å². The van der Waals surface area contributed by atoms with Gasteiger partial charge in [-0.05, 0) is 75.3 Å². The lowest BCUT2D eigenvalue weighted by molar-refractivity contribution is -0.146. The van der Waals surface area contributed by atoms with Gasteiger partial charge in [0.25, 0.3) is 0 Å². The van der Waals surface area contributed by atoms with Crippen LogP contribution in [0.1, 0.15) is 44.1 Å². The summed E-state index contributed by atoms with van der Waals surface area (Å²) in [6.45, 7) is 2.92. The summed E-state index contributed by atoms with van der Waals surface area (Å²) in [6, 6.07) is 7.86.